The number of anilines is 2. The van der Waals surface area contributed by atoms with Gasteiger partial charge >= 0.3 is 0 Å². The van der Waals surface area contributed by atoms with Crippen LogP contribution in [0.25, 0.3) is 21.8 Å². The van der Waals surface area contributed by atoms with Gasteiger partial charge in [-0.3, -0.25) is 9.97 Å². The van der Waals surface area contributed by atoms with Crippen molar-refractivity contribution in [1.82, 2.24) is 14.9 Å². The number of pyridine rings is 2. The standard InChI is InChI=1S/C27H29F2N5/c28-19-4-6-22-24(9-13-32-26(22)17-19)30-11-2-16-34-15-1-3-21(34)8-12-31-25-10-14-33-27-18-20(29)5-7-23(25)27/h4-7,9-10,13-14,17-18,21H,1-3,8,11-12,15-16H2,(H,30,32)(H,31,33)/t21-/m0/s1. The molecule has 7 heteroatoms. The molecular formula is C27H29F2N5. The maximum absolute atomic E-state index is 13.5. The number of fused-ring (bicyclic) bond motifs is 2. The van der Waals surface area contributed by atoms with Crippen LogP contribution in [0, 0.1) is 11.6 Å². The van der Waals surface area contributed by atoms with Crippen molar-refractivity contribution in [2.75, 3.05) is 36.8 Å². The van der Waals surface area contributed by atoms with E-state index in [0.717, 1.165) is 61.2 Å². The Balaban J connectivity index is 1.10. The molecule has 4 aromatic rings. The minimum Gasteiger partial charge on any atom is -0.384 e. The number of halogens is 2. The number of likely N-dealkylation sites (tertiary alicyclic amines) is 1. The van der Waals surface area contributed by atoms with Crippen LogP contribution in [-0.4, -0.2) is 47.1 Å². The summed E-state index contributed by atoms with van der Waals surface area (Å²) in [6.07, 6.45) is 8.00. The smallest absolute Gasteiger partial charge is 0.125 e. The minimum atomic E-state index is -0.266. The van der Waals surface area contributed by atoms with Gasteiger partial charge in [-0.05, 0) is 68.6 Å². The first-order valence-electron chi connectivity index (χ1n) is 12.0. The first kappa shape index (κ1) is 22.5. The SMILES string of the molecule is Fc1ccc2c(NCCCN3CCC[C@H]3CCNc3ccnc4cc(F)ccc34)ccnc2c1. The topological polar surface area (TPSA) is 53.1 Å². The number of aromatic nitrogens is 2. The fourth-order valence-corrected chi connectivity index (χ4v) is 4.95. The van der Waals surface area contributed by atoms with Crippen molar-refractivity contribution >= 4 is 33.2 Å². The Hall–Kier alpha value is -3.32. The molecule has 176 valence electrons. The molecule has 0 saturated carbocycles. The predicted molar refractivity (Wildman–Crippen MR) is 134 cm³/mol. The summed E-state index contributed by atoms with van der Waals surface area (Å²) in [5.74, 6) is -0.531. The molecule has 2 N–H and O–H groups in total. The molecule has 0 spiro atoms. The van der Waals surface area contributed by atoms with E-state index in [4.69, 9.17) is 0 Å². The Bertz CT molecular complexity index is 1280. The monoisotopic (exact) mass is 461 g/mol. The number of hydrogen-bond donors (Lipinski definition) is 2. The fraction of sp³-hybridized carbons (Fsp3) is 0.333. The minimum absolute atomic E-state index is 0.265. The Morgan fingerprint density at radius 3 is 2.09 bits per heavy atom. The average molecular weight is 462 g/mol. The normalized spacial score (nSPS) is 16.4. The van der Waals surface area contributed by atoms with E-state index in [1.165, 1.54) is 37.1 Å². The Labute approximate surface area is 198 Å². The molecule has 0 unspecified atom stereocenters. The third-order valence-corrected chi connectivity index (χ3v) is 6.64. The van der Waals surface area contributed by atoms with Gasteiger partial charge in [-0.15, -0.1) is 0 Å². The Kier molecular flexibility index (Phi) is 6.81. The van der Waals surface area contributed by atoms with E-state index in [1.54, 1.807) is 24.5 Å². The highest BCUT2D eigenvalue weighted by Crippen LogP contribution is 2.25. The van der Waals surface area contributed by atoms with Crippen LogP contribution in [0.3, 0.4) is 0 Å². The number of rotatable bonds is 9. The van der Waals surface area contributed by atoms with E-state index >= 15 is 0 Å². The zero-order valence-corrected chi connectivity index (χ0v) is 19.1. The molecule has 3 heterocycles. The zero-order valence-electron chi connectivity index (χ0n) is 19.1. The molecule has 2 aromatic heterocycles. The summed E-state index contributed by atoms with van der Waals surface area (Å²) < 4.78 is 27.0. The molecular weight excluding hydrogens is 432 g/mol. The quantitative estimate of drug-likeness (QED) is 0.307. The van der Waals surface area contributed by atoms with Gasteiger partial charge in [-0.25, -0.2) is 8.78 Å². The number of nitrogens with one attached hydrogen (secondary N) is 2. The van der Waals surface area contributed by atoms with E-state index in [9.17, 15) is 8.78 Å². The van der Waals surface area contributed by atoms with Gasteiger partial charge in [-0.1, -0.05) is 0 Å². The summed E-state index contributed by atoms with van der Waals surface area (Å²) in [5, 5.41) is 8.92. The van der Waals surface area contributed by atoms with Crippen LogP contribution in [0.5, 0.6) is 0 Å². The van der Waals surface area contributed by atoms with Crippen molar-refractivity contribution in [2.24, 2.45) is 0 Å². The molecule has 1 saturated heterocycles. The maximum atomic E-state index is 13.5. The molecule has 0 amide bonds. The first-order valence-corrected chi connectivity index (χ1v) is 12.0. The summed E-state index contributed by atoms with van der Waals surface area (Å²) in [7, 11) is 0. The van der Waals surface area contributed by atoms with Crippen molar-refractivity contribution in [3.05, 3.63) is 72.6 Å². The van der Waals surface area contributed by atoms with Crippen LogP contribution in [0.1, 0.15) is 25.7 Å². The molecule has 2 aromatic carbocycles. The fourth-order valence-electron chi connectivity index (χ4n) is 4.95. The van der Waals surface area contributed by atoms with Gasteiger partial charge in [-0.2, -0.15) is 0 Å². The van der Waals surface area contributed by atoms with Crippen LogP contribution >= 0.6 is 0 Å². The van der Waals surface area contributed by atoms with Crippen molar-refractivity contribution in [3.63, 3.8) is 0 Å². The second-order valence-corrected chi connectivity index (χ2v) is 8.87. The molecule has 0 radical (unpaired) electrons. The van der Waals surface area contributed by atoms with Gasteiger partial charge in [0.1, 0.15) is 11.6 Å². The summed E-state index contributed by atoms with van der Waals surface area (Å²) in [6.45, 7) is 3.92. The summed E-state index contributed by atoms with van der Waals surface area (Å²) in [4.78, 5) is 11.1. The second kappa shape index (κ2) is 10.3. The third kappa shape index (κ3) is 5.09. The number of nitrogens with zero attached hydrogens (tertiary/aromatic N) is 3. The lowest BCUT2D eigenvalue weighted by Gasteiger charge is -2.25. The average Bonchev–Trinajstić information content (AvgIpc) is 3.28. The van der Waals surface area contributed by atoms with Crippen LogP contribution in [0.4, 0.5) is 20.2 Å². The molecule has 1 atom stereocenters. The molecule has 0 bridgehead atoms. The highest BCUT2D eigenvalue weighted by atomic mass is 19.1. The maximum Gasteiger partial charge on any atom is 0.125 e. The van der Waals surface area contributed by atoms with Crippen molar-refractivity contribution in [3.8, 4) is 0 Å². The summed E-state index contributed by atoms with van der Waals surface area (Å²) >= 11 is 0. The van der Waals surface area contributed by atoms with Crippen LogP contribution < -0.4 is 10.6 Å². The lowest BCUT2D eigenvalue weighted by atomic mass is 10.1. The van der Waals surface area contributed by atoms with Gasteiger partial charge in [0.15, 0.2) is 0 Å². The van der Waals surface area contributed by atoms with Crippen LogP contribution in [-0.2, 0) is 0 Å². The van der Waals surface area contributed by atoms with Crippen molar-refractivity contribution < 1.29 is 8.78 Å². The van der Waals surface area contributed by atoms with Gasteiger partial charge in [0, 0.05) is 72.3 Å². The molecule has 34 heavy (non-hydrogen) atoms. The van der Waals surface area contributed by atoms with Crippen molar-refractivity contribution in [2.45, 2.75) is 31.7 Å². The van der Waals surface area contributed by atoms with Gasteiger partial charge < -0.3 is 15.5 Å². The highest BCUT2D eigenvalue weighted by Gasteiger charge is 2.23. The van der Waals surface area contributed by atoms with E-state index in [2.05, 4.69) is 25.5 Å². The lowest BCUT2D eigenvalue weighted by molar-refractivity contribution is 0.246. The van der Waals surface area contributed by atoms with E-state index in [1.807, 2.05) is 12.1 Å². The van der Waals surface area contributed by atoms with Crippen LogP contribution in [0.2, 0.25) is 0 Å². The van der Waals surface area contributed by atoms with Gasteiger partial charge in [0.2, 0.25) is 0 Å². The highest BCUT2D eigenvalue weighted by molar-refractivity contribution is 5.91. The molecule has 0 aliphatic carbocycles. The molecule has 1 aliphatic rings. The summed E-state index contributed by atoms with van der Waals surface area (Å²) in [5.41, 5.74) is 3.34. The first-order chi connectivity index (χ1) is 16.7. The van der Waals surface area contributed by atoms with Gasteiger partial charge in [0.05, 0.1) is 11.0 Å². The number of hydrogen-bond acceptors (Lipinski definition) is 5. The predicted octanol–water partition coefficient (Wildman–Crippen LogP) is 5.83. The van der Waals surface area contributed by atoms with E-state index in [0.29, 0.717) is 17.1 Å². The molecule has 1 fully saturated rings. The summed E-state index contributed by atoms with van der Waals surface area (Å²) in [6, 6.07) is 13.9. The van der Waals surface area contributed by atoms with E-state index < -0.39 is 0 Å². The van der Waals surface area contributed by atoms with Gasteiger partial charge in [0.25, 0.3) is 0 Å². The lowest BCUT2D eigenvalue weighted by Crippen LogP contribution is -2.32. The van der Waals surface area contributed by atoms with Crippen molar-refractivity contribution in [1.29, 1.82) is 0 Å². The second-order valence-electron chi connectivity index (χ2n) is 8.87. The molecule has 5 rings (SSSR count). The zero-order chi connectivity index (χ0) is 23.3. The Morgan fingerprint density at radius 1 is 0.824 bits per heavy atom. The Morgan fingerprint density at radius 2 is 1.44 bits per heavy atom. The molecule has 5 nitrogen and oxygen atoms in total. The molecule has 1 aliphatic heterocycles. The third-order valence-electron chi connectivity index (χ3n) is 6.64. The number of benzene rings is 2. The van der Waals surface area contributed by atoms with Crippen LogP contribution in [0.15, 0.2) is 60.9 Å². The van der Waals surface area contributed by atoms with E-state index in [-0.39, 0.29) is 11.6 Å². The largest absolute Gasteiger partial charge is 0.384 e.